The molecule has 1 aromatic carbocycles. The van der Waals surface area contributed by atoms with Crippen molar-refractivity contribution in [3.63, 3.8) is 0 Å². The molecule has 0 fully saturated rings. The predicted molar refractivity (Wildman–Crippen MR) is 89.0 cm³/mol. The molecule has 0 radical (unpaired) electrons. The molecule has 0 saturated heterocycles. The fourth-order valence-electron chi connectivity index (χ4n) is 1.66. The van der Waals surface area contributed by atoms with Gasteiger partial charge in [0.2, 0.25) is 5.91 Å². The van der Waals surface area contributed by atoms with Gasteiger partial charge in [0.15, 0.2) is 0 Å². The number of carbonyl (C=O) groups excluding carboxylic acids is 1. The molecule has 2 atom stereocenters. The number of halogens is 1. The van der Waals surface area contributed by atoms with Crippen LogP contribution in [0.1, 0.15) is 32.3 Å². The van der Waals surface area contributed by atoms with E-state index in [1.807, 2.05) is 38.1 Å². The first-order chi connectivity index (χ1) is 9.50. The molecule has 1 amide bonds. The highest BCUT2D eigenvalue weighted by Crippen LogP contribution is 2.11. The Morgan fingerprint density at radius 2 is 1.86 bits per heavy atom. The van der Waals surface area contributed by atoms with Crippen molar-refractivity contribution in [2.75, 3.05) is 13.2 Å². The first kappa shape index (κ1) is 19.7. The number of nitrogens with two attached hydrogens (primary N) is 1. The molecule has 0 heterocycles. The minimum Gasteiger partial charge on any atom is -0.494 e. The Bertz CT molecular complexity index is 407. The van der Waals surface area contributed by atoms with E-state index in [4.69, 9.17) is 10.5 Å². The summed E-state index contributed by atoms with van der Waals surface area (Å²) in [4.78, 5) is 11.6. The standard InChI is InChI=1S/C16H26N2O2.ClH/c1-12-6-8-15(9-7-12)20-11-5-4-10-18-16(19)13(2)14(3)17;/h6-9,13-14H,4-5,10-11,17H2,1-3H3,(H,18,19);1H. The second-order valence-corrected chi connectivity index (χ2v) is 5.31. The van der Waals surface area contributed by atoms with Crippen molar-refractivity contribution in [1.82, 2.24) is 5.32 Å². The van der Waals surface area contributed by atoms with E-state index in [0.29, 0.717) is 13.2 Å². The van der Waals surface area contributed by atoms with Gasteiger partial charge in [0.1, 0.15) is 5.75 Å². The van der Waals surface area contributed by atoms with Crippen LogP contribution in [0.2, 0.25) is 0 Å². The lowest BCUT2D eigenvalue weighted by atomic mass is 10.0. The monoisotopic (exact) mass is 314 g/mol. The molecule has 1 rings (SSSR count). The van der Waals surface area contributed by atoms with E-state index in [-0.39, 0.29) is 30.3 Å². The van der Waals surface area contributed by atoms with Crippen LogP contribution in [0, 0.1) is 12.8 Å². The third-order valence-corrected chi connectivity index (χ3v) is 3.36. The van der Waals surface area contributed by atoms with Crippen LogP contribution in [0.5, 0.6) is 5.75 Å². The van der Waals surface area contributed by atoms with Crippen LogP contribution >= 0.6 is 12.4 Å². The molecule has 0 aromatic heterocycles. The lowest BCUT2D eigenvalue weighted by Crippen LogP contribution is -2.38. The number of nitrogens with one attached hydrogen (secondary N) is 1. The largest absolute Gasteiger partial charge is 0.494 e. The van der Waals surface area contributed by atoms with Crippen molar-refractivity contribution < 1.29 is 9.53 Å². The number of ether oxygens (including phenoxy) is 1. The van der Waals surface area contributed by atoms with Crippen LogP contribution in [-0.4, -0.2) is 25.1 Å². The third kappa shape index (κ3) is 7.93. The molecule has 5 heteroatoms. The van der Waals surface area contributed by atoms with Gasteiger partial charge in [0.25, 0.3) is 0 Å². The molecular weight excluding hydrogens is 288 g/mol. The Balaban J connectivity index is 0.00000400. The third-order valence-electron chi connectivity index (χ3n) is 3.36. The maximum Gasteiger partial charge on any atom is 0.224 e. The molecule has 1 aromatic rings. The summed E-state index contributed by atoms with van der Waals surface area (Å²) in [7, 11) is 0. The van der Waals surface area contributed by atoms with E-state index >= 15 is 0 Å². The molecule has 2 unspecified atom stereocenters. The molecule has 4 nitrogen and oxygen atoms in total. The van der Waals surface area contributed by atoms with Crippen molar-refractivity contribution in [3.8, 4) is 5.75 Å². The number of benzene rings is 1. The second-order valence-electron chi connectivity index (χ2n) is 5.31. The summed E-state index contributed by atoms with van der Waals surface area (Å²) in [5.74, 6) is 0.781. The van der Waals surface area contributed by atoms with Gasteiger partial charge in [-0.05, 0) is 38.8 Å². The van der Waals surface area contributed by atoms with Crippen LogP contribution in [0.4, 0.5) is 0 Å². The number of hydrogen-bond acceptors (Lipinski definition) is 3. The average molecular weight is 315 g/mol. The van der Waals surface area contributed by atoms with Crippen LogP contribution in [0.15, 0.2) is 24.3 Å². The summed E-state index contributed by atoms with van der Waals surface area (Å²) >= 11 is 0. The van der Waals surface area contributed by atoms with E-state index in [2.05, 4.69) is 12.2 Å². The Kier molecular flexibility index (Phi) is 9.84. The van der Waals surface area contributed by atoms with Gasteiger partial charge in [-0.3, -0.25) is 4.79 Å². The minimum absolute atomic E-state index is 0. The van der Waals surface area contributed by atoms with E-state index in [1.54, 1.807) is 0 Å². The Morgan fingerprint density at radius 3 is 2.43 bits per heavy atom. The lowest BCUT2D eigenvalue weighted by Gasteiger charge is -2.15. The topological polar surface area (TPSA) is 64.3 Å². The zero-order valence-electron chi connectivity index (χ0n) is 13.1. The quantitative estimate of drug-likeness (QED) is 0.725. The minimum atomic E-state index is -0.140. The normalized spacial score (nSPS) is 13.0. The Labute approximate surface area is 133 Å². The molecule has 0 aliphatic rings. The van der Waals surface area contributed by atoms with Crippen molar-refractivity contribution in [3.05, 3.63) is 29.8 Å². The van der Waals surface area contributed by atoms with Gasteiger partial charge >= 0.3 is 0 Å². The molecule has 0 aliphatic carbocycles. The van der Waals surface area contributed by atoms with Gasteiger partial charge in [-0.25, -0.2) is 0 Å². The molecule has 0 spiro atoms. The average Bonchev–Trinajstić information content (AvgIpc) is 2.43. The SMILES string of the molecule is Cc1ccc(OCCCCNC(=O)C(C)C(C)N)cc1.Cl. The van der Waals surface area contributed by atoms with Gasteiger partial charge in [0, 0.05) is 18.5 Å². The van der Waals surface area contributed by atoms with Crippen LogP contribution in [0.25, 0.3) is 0 Å². The highest BCUT2D eigenvalue weighted by atomic mass is 35.5. The molecule has 21 heavy (non-hydrogen) atoms. The summed E-state index contributed by atoms with van der Waals surface area (Å²) in [5.41, 5.74) is 6.91. The van der Waals surface area contributed by atoms with E-state index < -0.39 is 0 Å². The second kappa shape index (κ2) is 10.5. The van der Waals surface area contributed by atoms with Gasteiger partial charge < -0.3 is 15.8 Å². The summed E-state index contributed by atoms with van der Waals surface area (Å²) in [6.07, 6.45) is 1.82. The van der Waals surface area contributed by atoms with Crippen molar-refractivity contribution in [1.29, 1.82) is 0 Å². The maximum absolute atomic E-state index is 11.6. The number of carbonyl (C=O) groups is 1. The van der Waals surface area contributed by atoms with Crippen LogP contribution < -0.4 is 15.8 Å². The summed E-state index contributed by atoms with van der Waals surface area (Å²) < 4.78 is 5.62. The number of amides is 1. The Hall–Kier alpha value is -1.26. The highest BCUT2D eigenvalue weighted by molar-refractivity contribution is 5.85. The van der Waals surface area contributed by atoms with Crippen molar-refractivity contribution in [2.24, 2.45) is 11.7 Å². The molecule has 0 bridgehead atoms. The van der Waals surface area contributed by atoms with Gasteiger partial charge in [-0.2, -0.15) is 0 Å². The van der Waals surface area contributed by atoms with Crippen molar-refractivity contribution >= 4 is 18.3 Å². The lowest BCUT2D eigenvalue weighted by molar-refractivity contribution is -0.124. The van der Waals surface area contributed by atoms with Gasteiger partial charge in [0.05, 0.1) is 6.61 Å². The number of unbranched alkanes of at least 4 members (excludes halogenated alkanes) is 1. The molecular formula is C16H27ClN2O2. The van der Waals surface area contributed by atoms with E-state index in [9.17, 15) is 4.79 Å². The number of hydrogen-bond donors (Lipinski definition) is 2. The van der Waals surface area contributed by atoms with Crippen LogP contribution in [0.3, 0.4) is 0 Å². The first-order valence-electron chi connectivity index (χ1n) is 7.23. The number of rotatable bonds is 8. The summed E-state index contributed by atoms with van der Waals surface area (Å²) in [5, 5.41) is 2.90. The predicted octanol–water partition coefficient (Wildman–Crippen LogP) is 2.68. The highest BCUT2D eigenvalue weighted by Gasteiger charge is 2.15. The molecule has 120 valence electrons. The van der Waals surface area contributed by atoms with Gasteiger partial charge in [-0.1, -0.05) is 24.6 Å². The molecule has 0 aliphatic heterocycles. The summed E-state index contributed by atoms with van der Waals surface area (Å²) in [6, 6.07) is 7.90. The van der Waals surface area contributed by atoms with E-state index in [1.165, 1.54) is 5.56 Å². The number of aryl methyl sites for hydroxylation is 1. The fourth-order valence-corrected chi connectivity index (χ4v) is 1.66. The first-order valence-corrected chi connectivity index (χ1v) is 7.23. The van der Waals surface area contributed by atoms with Crippen molar-refractivity contribution in [2.45, 2.75) is 39.7 Å². The summed E-state index contributed by atoms with van der Waals surface area (Å²) in [6.45, 7) is 7.09. The molecule has 0 saturated carbocycles. The molecule has 3 N–H and O–H groups in total. The Morgan fingerprint density at radius 1 is 1.24 bits per heavy atom. The zero-order valence-corrected chi connectivity index (χ0v) is 13.9. The van der Waals surface area contributed by atoms with Crippen LogP contribution in [-0.2, 0) is 4.79 Å². The fraction of sp³-hybridized carbons (Fsp3) is 0.562. The maximum atomic E-state index is 11.6. The van der Waals surface area contributed by atoms with E-state index in [0.717, 1.165) is 18.6 Å². The van der Waals surface area contributed by atoms with Gasteiger partial charge in [-0.15, -0.1) is 12.4 Å². The zero-order chi connectivity index (χ0) is 15.0. The smallest absolute Gasteiger partial charge is 0.224 e.